The van der Waals surface area contributed by atoms with Crippen LogP contribution in [-0.4, -0.2) is 5.78 Å². The SMILES string of the molecule is CC(C)(C)c1ccc(/C=C2/Oc3cc(OCc4ccc(F)cc4)ccc3C2=O)cc1. The summed E-state index contributed by atoms with van der Waals surface area (Å²) in [4.78, 5) is 12.7. The second kappa shape index (κ2) is 7.79. The standard InChI is InChI=1S/C26H23FO3/c1-26(2,3)19-8-4-17(5-9-19)14-24-25(28)22-13-12-21(15-23(22)30-24)29-16-18-6-10-20(27)11-7-18/h4-15H,16H2,1-3H3/b24-14+. The molecule has 4 heteroatoms. The van der Waals surface area contributed by atoms with E-state index < -0.39 is 0 Å². The Bertz CT molecular complexity index is 1100. The van der Waals surface area contributed by atoms with Crippen molar-refractivity contribution >= 4 is 11.9 Å². The number of rotatable bonds is 4. The number of Topliss-reactive ketones (excluding diaryl/α,β-unsaturated/α-hetero) is 1. The summed E-state index contributed by atoms with van der Waals surface area (Å²) in [6.07, 6.45) is 1.76. The summed E-state index contributed by atoms with van der Waals surface area (Å²) in [7, 11) is 0. The van der Waals surface area contributed by atoms with Crippen LogP contribution in [-0.2, 0) is 12.0 Å². The van der Waals surface area contributed by atoms with Crippen molar-refractivity contribution in [2.45, 2.75) is 32.8 Å². The van der Waals surface area contributed by atoms with Crippen LogP contribution in [0.4, 0.5) is 4.39 Å². The molecule has 0 bridgehead atoms. The molecule has 1 aliphatic heterocycles. The van der Waals surface area contributed by atoms with Crippen LogP contribution in [0.5, 0.6) is 11.5 Å². The Balaban J connectivity index is 1.48. The number of allylic oxidation sites excluding steroid dienone is 1. The van der Waals surface area contributed by atoms with Crippen LogP contribution in [0, 0.1) is 5.82 Å². The molecule has 4 rings (SSSR count). The van der Waals surface area contributed by atoms with E-state index in [0.29, 0.717) is 29.4 Å². The van der Waals surface area contributed by atoms with Gasteiger partial charge in [0.1, 0.15) is 23.9 Å². The maximum absolute atomic E-state index is 13.0. The molecular formula is C26H23FO3. The number of benzene rings is 3. The lowest BCUT2D eigenvalue weighted by Crippen LogP contribution is -2.10. The first-order chi connectivity index (χ1) is 14.3. The van der Waals surface area contributed by atoms with E-state index in [2.05, 4.69) is 32.9 Å². The van der Waals surface area contributed by atoms with Gasteiger partial charge in [-0.1, -0.05) is 57.2 Å². The number of fused-ring (bicyclic) bond motifs is 1. The number of carbonyl (C=O) groups excluding carboxylic acids is 1. The lowest BCUT2D eigenvalue weighted by atomic mass is 9.86. The molecular weight excluding hydrogens is 379 g/mol. The maximum Gasteiger partial charge on any atom is 0.231 e. The average Bonchev–Trinajstić information content (AvgIpc) is 3.02. The van der Waals surface area contributed by atoms with Gasteiger partial charge in [0.05, 0.1) is 5.56 Å². The lowest BCUT2D eigenvalue weighted by molar-refractivity contribution is 0.101. The molecule has 0 spiro atoms. The van der Waals surface area contributed by atoms with Crippen molar-refractivity contribution < 1.29 is 18.7 Å². The van der Waals surface area contributed by atoms with Crippen LogP contribution >= 0.6 is 0 Å². The molecule has 3 nitrogen and oxygen atoms in total. The molecule has 0 fully saturated rings. The van der Waals surface area contributed by atoms with E-state index >= 15 is 0 Å². The number of ether oxygens (including phenoxy) is 2. The van der Waals surface area contributed by atoms with E-state index in [1.54, 1.807) is 36.4 Å². The molecule has 1 heterocycles. The molecule has 0 amide bonds. The molecule has 0 unspecified atom stereocenters. The van der Waals surface area contributed by atoms with Gasteiger partial charge in [0.15, 0.2) is 5.76 Å². The van der Waals surface area contributed by atoms with Crippen LogP contribution < -0.4 is 9.47 Å². The minimum Gasteiger partial charge on any atom is -0.489 e. The third-order valence-electron chi connectivity index (χ3n) is 5.03. The van der Waals surface area contributed by atoms with E-state index in [4.69, 9.17) is 9.47 Å². The zero-order chi connectivity index (χ0) is 21.3. The number of ketones is 1. The number of carbonyl (C=O) groups is 1. The minimum atomic E-state index is -0.282. The lowest BCUT2D eigenvalue weighted by Gasteiger charge is -2.18. The monoisotopic (exact) mass is 402 g/mol. The Morgan fingerprint density at radius 1 is 0.967 bits per heavy atom. The van der Waals surface area contributed by atoms with Gasteiger partial charge in [0.2, 0.25) is 5.78 Å². The summed E-state index contributed by atoms with van der Waals surface area (Å²) in [5, 5.41) is 0. The predicted molar refractivity (Wildman–Crippen MR) is 115 cm³/mol. The molecule has 0 atom stereocenters. The molecule has 0 N–H and O–H groups in total. The van der Waals surface area contributed by atoms with Crippen LogP contribution in [0.2, 0.25) is 0 Å². The van der Waals surface area contributed by atoms with E-state index in [1.807, 2.05) is 12.1 Å². The molecule has 0 aromatic heterocycles. The number of halogens is 1. The molecule has 3 aromatic carbocycles. The summed E-state index contributed by atoms with van der Waals surface area (Å²) >= 11 is 0. The van der Waals surface area contributed by atoms with E-state index in [0.717, 1.165) is 11.1 Å². The van der Waals surface area contributed by atoms with E-state index in [1.165, 1.54) is 17.7 Å². The Hall–Kier alpha value is -3.40. The van der Waals surface area contributed by atoms with Crippen molar-refractivity contribution in [1.29, 1.82) is 0 Å². The molecule has 0 aliphatic carbocycles. The smallest absolute Gasteiger partial charge is 0.231 e. The second-order valence-electron chi connectivity index (χ2n) is 8.38. The number of hydrogen-bond acceptors (Lipinski definition) is 3. The average molecular weight is 402 g/mol. The molecule has 0 radical (unpaired) electrons. The fourth-order valence-electron chi connectivity index (χ4n) is 3.24. The Kier molecular flexibility index (Phi) is 5.17. The number of hydrogen-bond donors (Lipinski definition) is 0. The Labute approximate surface area is 175 Å². The molecule has 1 aliphatic rings. The summed E-state index contributed by atoms with van der Waals surface area (Å²) in [5.74, 6) is 0.936. The summed E-state index contributed by atoms with van der Waals surface area (Å²) in [5.41, 5.74) is 3.59. The van der Waals surface area contributed by atoms with Gasteiger partial charge in [-0.2, -0.15) is 0 Å². The summed E-state index contributed by atoms with van der Waals surface area (Å²) in [6, 6.07) is 19.4. The zero-order valence-corrected chi connectivity index (χ0v) is 17.2. The summed E-state index contributed by atoms with van der Waals surface area (Å²) in [6.45, 7) is 6.79. The van der Waals surface area contributed by atoms with Crippen LogP contribution in [0.25, 0.3) is 6.08 Å². The third kappa shape index (κ3) is 4.28. The molecule has 0 saturated carbocycles. The topological polar surface area (TPSA) is 35.5 Å². The van der Waals surface area contributed by atoms with Crippen molar-refractivity contribution in [1.82, 2.24) is 0 Å². The van der Waals surface area contributed by atoms with Gasteiger partial charge in [-0.3, -0.25) is 4.79 Å². The fourth-order valence-corrected chi connectivity index (χ4v) is 3.24. The van der Waals surface area contributed by atoms with Gasteiger partial charge in [-0.15, -0.1) is 0 Å². The van der Waals surface area contributed by atoms with Crippen molar-refractivity contribution in [3.8, 4) is 11.5 Å². The first-order valence-corrected chi connectivity index (χ1v) is 9.86. The predicted octanol–water partition coefficient (Wildman–Crippen LogP) is 6.32. The van der Waals surface area contributed by atoms with Crippen LogP contribution in [0.3, 0.4) is 0 Å². The molecule has 30 heavy (non-hydrogen) atoms. The highest BCUT2D eigenvalue weighted by Gasteiger charge is 2.27. The van der Waals surface area contributed by atoms with E-state index in [-0.39, 0.29) is 17.0 Å². The van der Waals surface area contributed by atoms with Crippen molar-refractivity contribution in [2.24, 2.45) is 0 Å². The Morgan fingerprint density at radius 3 is 2.33 bits per heavy atom. The van der Waals surface area contributed by atoms with Crippen LogP contribution in [0.15, 0.2) is 72.5 Å². The van der Waals surface area contributed by atoms with Crippen molar-refractivity contribution in [3.05, 3.63) is 101 Å². The van der Waals surface area contributed by atoms with Gasteiger partial charge in [-0.05, 0) is 52.4 Å². The molecule has 3 aromatic rings. The van der Waals surface area contributed by atoms with Gasteiger partial charge in [0, 0.05) is 6.07 Å². The van der Waals surface area contributed by atoms with Crippen molar-refractivity contribution in [3.63, 3.8) is 0 Å². The van der Waals surface area contributed by atoms with Crippen molar-refractivity contribution in [2.75, 3.05) is 0 Å². The normalized spacial score (nSPS) is 14.5. The Morgan fingerprint density at radius 2 is 1.67 bits per heavy atom. The highest BCUT2D eigenvalue weighted by Crippen LogP contribution is 2.35. The molecule has 152 valence electrons. The maximum atomic E-state index is 13.0. The first-order valence-electron chi connectivity index (χ1n) is 9.86. The highest BCUT2D eigenvalue weighted by atomic mass is 19.1. The first kappa shape index (κ1) is 19.9. The largest absolute Gasteiger partial charge is 0.489 e. The second-order valence-corrected chi connectivity index (χ2v) is 8.38. The van der Waals surface area contributed by atoms with E-state index in [9.17, 15) is 9.18 Å². The quantitative estimate of drug-likeness (QED) is 0.479. The van der Waals surface area contributed by atoms with Crippen LogP contribution in [0.1, 0.15) is 47.8 Å². The minimum absolute atomic E-state index is 0.0753. The van der Waals surface area contributed by atoms with Gasteiger partial charge in [-0.25, -0.2) is 4.39 Å². The van der Waals surface area contributed by atoms with Gasteiger partial charge < -0.3 is 9.47 Å². The zero-order valence-electron chi connectivity index (χ0n) is 17.2. The van der Waals surface area contributed by atoms with Gasteiger partial charge >= 0.3 is 0 Å². The third-order valence-corrected chi connectivity index (χ3v) is 5.03. The molecule has 0 saturated heterocycles. The highest BCUT2D eigenvalue weighted by molar-refractivity contribution is 6.14. The summed E-state index contributed by atoms with van der Waals surface area (Å²) < 4.78 is 24.6. The van der Waals surface area contributed by atoms with Gasteiger partial charge in [0.25, 0.3) is 0 Å². The fraction of sp³-hybridized carbons (Fsp3) is 0.192.